The van der Waals surface area contributed by atoms with E-state index in [9.17, 15) is 18.6 Å². The molecule has 0 saturated heterocycles. The lowest BCUT2D eigenvalue weighted by molar-refractivity contribution is 0.458. The average molecular weight is 401 g/mol. The molecule has 0 aliphatic carbocycles. The number of phenolic OH excluding ortho intramolecular Hbond substituents is 2. The summed E-state index contributed by atoms with van der Waals surface area (Å²) in [5.41, 5.74) is 1.69. The molecule has 9 heteroatoms. The maximum Gasteiger partial charge on any atom is 0.244 e. The van der Waals surface area contributed by atoms with Crippen molar-refractivity contribution in [2.24, 2.45) is 0 Å². The van der Waals surface area contributed by atoms with E-state index < -0.39 is 15.8 Å². The van der Waals surface area contributed by atoms with Gasteiger partial charge in [0.1, 0.15) is 10.6 Å². The van der Waals surface area contributed by atoms with Gasteiger partial charge in [0.2, 0.25) is 10.0 Å². The van der Waals surface area contributed by atoms with Crippen molar-refractivity contribution in [3.63, 3.8) is 0 Å². The predicted octanol–water partition coefficient (Wildman–Crippen LogP) is 3.41. The second-order valence-corrected chi connectivity index (χ2v) is 8.00. The first-order chi connectivity index (χ1) is 11.8. The van der Waals surface area contributed by atoms with E-state index in [2.05, 4.69) is 9.71 Å². The average Bonchev–Trinajstić information content (AvgIpc) is 2.93. The topological polar surface area (TPSA) is 102 Å². The van der Waals surface area contributed by atoms with E-state index in [4.69, 9.17) is 23.2 Å². The smallest absolute Gasteiger partial charge is 0.244 e. The molecule has 1 aromatic heterocycles. The summed E-state index contributed by atoms with van der Waals surface area (Å²) in [5.74, 6) is -0.414. The molecular weight excluding hydrogens is 387 g/mol. The summed E-state index contributed by atoms with van der Waals surface area (Å²) in [6.07, 6.45) is 2.14. The Morgan fingerprint density at radius 1 is 1.12 bits per heavy atom. The fourth-order valence-electron chi connectivity index (χ4n) is 2.52. The molecule has 0 fully saturated rings. The van der Waals surface area contributed by atoms with Gasteiger partial charge in [-0.2, -0.15) is 0 Å². The SMILES string of the molecule is O=S(=O)(NCCc1c[nH]c2ccc(O)cc12)c1cc(Cl)cc(Cl)c1O. The van der Waals surface area contributed by atoms with Crippen molar-refractivity contribution in [3.05, 3.63) is 52.1 Å². The molecule has 4 N–H and O–H groups in total. The molecule has 132 valence electrons. The van der Waals surface area contributed by atoms with Gasteiger partial charge in [-0.1, -0.05) is 23.2 Å². The quantitative estimate of drug-likeness (QED) is 0.526. The number of nitrogens with one attached hydrogen (secondary N) is 2. The normalized spacial score (nSPS) is 11.9. The molecule has 0 unspecified atom stereocenters. The van der Waals surface area contributed by atoms with E-state index in [-0.39, 0.29) is 27.2 Å². The Kier molecular flexibility index (Phi) is 4.83. The molecule has 0 spiro atoms. The molecule has 0 aliphatic heterocycles. The van der Waals surface area contributed by atoms with Crippen LogP contribution in [0, 0.1) is 0 Å². The number of sulfonamides is 1. The highest BCUT2D eigenvalue weighted by Gasteiger charge is 2.21. The van der Waals surface area contributed by atoms with Crippen LogP contribution in [0.1, 0.15) is 5.56 Å². The molecule has 3 aromatic rings. The summed E-state index contributed by atoms with van der Waals surface area (Å²) in [6.45, 7) is 0.0918. The van der Waals surface area contributed by atoms with Crippen LogP contribution in [0.25, 0.3) is 10.9 Å². The Hall–Kier alpha value is -1.93. The second-order valence-electron chi connectivity index (χ2n) is 5.43. The maximum atomic E-state index is 12.4. The third kappa shape index (κ3) is 3.69. The predicted molar refractivity (Wildman–Crippen MR) is 97.0 cm³/mol. The van der Waals surface area contributed by atoms with Crippen molar-refractivity contribution >= 4 is 44.1 Å². The minimum absolute atomic E-state index is 0.0918. The molecule has 6 nitrogen and oxygen atoms in total. The third-order valence-electron chi connectivity index (χ3n) is 3.72. The van der Waals surface area contributed by atoms with Crippen LogP contribution in [0.15, 0.2) is 41.4 Å². The van der Waals surface area contributed by atoms with Crippen LogP contribution in [0.5, 0.6) is 11.5 Å². The molecule has 0 aliphatic rings. The number of rotatable bonds is 5. The van der Waals surface area contributed by atoms with Crippen LogP contribution in [-0.4, -0.2) is 30.2 Å². The lowest BCUT2D eigenvalue weighted by Gasteiger charge is -2.10. The Labute approximate surface area is 154 Å². The van der Waals surface area contributed by atoms with Crippen molar-refractivity contribution in [1.29, 1.82) is 0 Å². The molecule has 0 amide bonds. The number of benzene rings is 2. The number of H-pyrrole nitrogens is 1. The first-order valence-electron chi connectivity index (χ1n) is 7.24. The molecule has 0 atom stereocenters. The van der Waals surface area contributed by atoms with Gasteiger partial charge in [0.05, 0.1) is 5.02 Å². The standard InChI is InChI=1S/C16H14Cl2N2O4S/c17-10-5-13(18)16(22)15(6-10)25(23,24)20-4-3-9-8-19-14-2-1-11(21)7-12(9)14/h1-2,5-8,19-22H,3-4H2. The van der Waals surface area contributed by atoms with E-state index in [1.165, 1.54) is 6.07 Å². The highest BCUT2D eigenvalue weighted by Crippen LogP contribution is 2.34. The molecule has 25 heavy (non-hydrogen) atoms. The largest absolute Gasteiger partial charge is 0.508 e. The first kappa shape index (κ1) is 17.9. The summed E-state index contributed by atoms with van der Waals surface area (Å²) >= 11 is 11.6. The molecule has 1 heterocycles. The Bertz CT molecular complexity index is 1050. The Morgan fingerprint density at radius 3 is 2.64 bits per heavy atom. The minimum Gasteiger partial charge on any atom is -0.508 e. The van der Waals surface area contributed by atoms with Crippen molar-refractivity contribution in [3.8, 4) is 11.5 Å². The molecule has 0 bridgehead atoms. The van der Waals surface area contributed by atoms with Crippen LogP contribution in [0.4, 0.5) is 0 Å². The first-order valence-corrected chi connectivity index (χ1v) is 9.48. The zero-order valence-corrected chi connectivity index (χ0v) is 15.1. The number of aromatic hydroxyl groups is 2. The summed E-state index contributed by atoms with van der Waals surface area (Å²) in [6, 6.07) is 7.31. The van der Waals surface area contributed by atoms with Gasteiger partial charge in [0, 0.05) is 28.7 Å². The highest BCUT2D eigenvalue weighted by molar-refractivity contribution is 7.89. The van der Waals surface area contributed by atoms with Gasteiger partial charge in [0.15, 0.2) is 5.75 Å². The maximum absolute atomic E-state index is 12.4. The van der Waals surface area contributed by atoms with Crippen LogP contribution < -0.4 is 4.72 Å². The van der Waals surface area contributed by atoms with Gasteiger partial charge < -0.3 is 15.2 Å². The van der Waals surface area contributed by atoms with Crippen molar-refractivity contribution in [1.82, 2.24) is 9.71 Å². The molecule has 2 aromatic carbocycles. The monoisotopic (exact) mass is 400 g/mol. The van der Waals surface area contributed by atoms with Gasteiger partial charge in [-0.05, 0) is 42.3 Å². The summed E-state index contributed by atoms with van der Waals surface area (Å²) in [4.78, 5) is 2.68. The number of aromatic nitrogens is 1. The van der Waals surface area contributed by atoms with Crippen LogP contribution in [0.3, 0.4) is 0 Å². The lowest BCUT2D eigenvalue weighted by Crippen LogP contribution is -2.26. The van der Waals surface area contributed by atoms with Crippen molar-refractivity contribution < 1.29 is 18.6 Å². The van der Waals surface area contributed by atoms with Gasteiger partial charge in [0.25, 0.3) is 0 Å². The Morgan fingerprint density at radius 2 is 1.88 bits per heavy atom. The van der Waals surface area contributed by atoms with E-state index in [1.54, 1.807) is 24.4 Å². The van der Waals surface area contributed by atoms with Gasteiger partial charge in [-0.3, -0.25) is 0 Å². The molecule has 0 radical (unpaired) electrons. The molecule has 0 saturated carbocycles. The molecular formula is C16H14Cl2N2O4S. The number of fused-ring (bicyclic) bond motifs is 1. The Balaban J connectivity index is 1.78. The van der Waals surface area contributed by atoms with Gasteiger partial charge >= 0.3 is 0 Å². The zero-order chi connectivity index (χ0) is 18.2. The fourth-order valence-corrected chi connectivity index (χ4v) is 4.31. The van der Waals surface area contributed by atoms with Crippen LogP contribution in [0.2, 0.25) is 10.0 Å². The number of aromatic amines is 1. The van der Waals surface area contributed by atoms with Gasteiger partial charge in [-0.25, -0.2) is 13.1 Å². The minimum atomic E-state index is -3.98. The number of hydrogen-bond acceptors (Lipinski definition) is 4. The summed E-state index contributed by atoms with van der Waals surface area (Å²) < 4.78 is 27.1. The molecule has 3 rings (SSSR count). The van der Waals surface area contributed by atoms with E-state index in [0.29, 0.717) is 6.42 Å². The number of phenols is 2. The number of halogens is 2. The highest BCUT2D eigenvalue weighted by atomic mass is 35.5. The fraction of sp³-hybridized carbons (Fsp3) is 0.125. The van der Waals surface area contributed by atoms with E-state index in [1.807, 2.05) is 0 Å². The second kappa shape index (κ2) is 6.76. The van der Waals surface area contributed by atoms with Crippen molar-refractivity contribution in [2.75, 3.05) is 6.54 Å². The van der Waals surface area contributed by atoms with Crippen LogP contribution in [-0.2, 0) is 16.4 Å². The van der Waals surface area contributed by atoms with Crippen molar-refractivity contribution in [2.45, 2.75) is 11.3 Å². The van der Waals surface area contributed by atoms with Gasteiger partial charge in [-0.15, -0.1) is 0 Å². The lowest BCUT2D eigenvalue weighted by atomic mass is 10.1. The zero-order valence-electron chi connectivity index (χ0n) is 12.8. The summed E-state index contributed by atoms with van der Waals surface area (Å²) in [5, 5.41) is 20.2. The van der Waals surface area contributed by atoms with E-state index >= 15 is 0 Å². The van der Waals surface area contributed by atoms with Crippen LogP contribution >= 0.6 is 23.2 Å². The number of hydrogen-bond donors (Lipinski definition) is 4. The summed E-state index contributed by atoms with van der Waals surface area (Å²) in [7, 11) is -3.98. The van der Waals surface area contributed by atoms with E-state index in [0.717, 1.165) is 22.5 Å². The third-order valence-corrected chi connectivity index (χ3v) is 5.70.